The number of nitrogens with zero attached hydrogens (tertiary/aromatic N) is 3. The number of aromatic nitrogens is 2. The number of aryl methyl sites for hydroxylation is 1. The van der Waals surface area contributed by atoms with Crippen molar-refractivity contribution in [3.8, 4) is 0 Å². The van der Waals surface area contributed by atoms with E-state index in [2.05, 4.69) is 39.8 Å². The van der Waals surface area contributed by atoms with Crippen molar-refractivity contribution in [2.45, 2.75) is 17.0 Å². The Hall–Kier alpha value is -3.04. The molecule has 0 atom stereocenters. The average Bonchev–Trinajstić information content (AvgIpc) is 3.13. The Labute approximate surface area is 169 Å². The van der Waals surface area contributed by atoms with Crippen LogP contribution in [0.15, 0.2) is 58.9 Å². The monoisotopic (exact) mass is 412 g/mol. The van der Waals surface area contributed by atoms with Gasteiger partial charge in [-0.2, -0.15) is 0 Å². The normalized spacial score (nSPS) is 10.9. The Balaban J connectivity index is 1.51. The van der Waals surface area contributed by atoms with Crippen LogP contribution >= 0.6 is 23.1 Å². The van der Waals surface area contributed by atoms with Crippen molar-refractivity contribution in [1.29, 1.82) is 0 Å². The Kier molecular flexibility index (Phi) is 6.51. The summed E-state index contributed by atoms with van der Waals surface area (Å²) < 4.78 is 0.773. The Morgan fingerprint density at radius 2 is 1.89 bits per heavy atom. The lowest BCUT2D eigenvalue weighted by Crippen LogP contribution is -2.07. The molecule has 142 valence electrons. The topological polar surface area (TPSA) is 98.0 Å². The van der Waals surface area contributed by atoms with E-state index < -0.39 is 4.92 Å². The number of rotatable bonds is 7. The zero-order valence-corrected chi connectivity index (χ0v) is 16.5. The molecule has 2 aromatic carbocycles. The van der Waals surface area contributed by atoms with Crippen molar-refractivity contribution >= 4 is 45.9 Å². The lowest BCUT2D eigenvalue weighted by Gasteiger charge is -1.99. The van der Waals surface area contributed by atoms with Crippen molar-refractivity contribution in [2.75, 3.05) is 5.32 Å². The number of carbonyl (C=O) groups is 1. The van der Waals surface area contributed by atoms with E-state index in [9.17, 15) is 14.9 Å². The summed E-state index contributed by atoms with van der Waals surface area (Å²) in [7, 11) is 0. The van der Waals surface area contributed by atoms with Crippen molar-refractivity contribution in [3.63, 3.8) is 0 Å². The molecule has 0 spiro atoms. The van der Waals surface area contributed by atoms with Gasteiger partial charge < -0.3 is 0 Å². The molecule has 0 saturated carbocycles. The van der Waals surface area contributed by atoms with Gasteiger partial charge in [-0.15, -0.1) is 10.2 Å². The van der Waals surface area contributed by atoms with E-state index in [-0.39, 0.29) is 11.6 Å². The molecule has 28 heavy (non-hydrogen) atoms. The third-order valence-electron chi connectivity index (χ3n) is 3.65. The van der Waals surface area contributed by atoms with Gasteiger partial charge in [0.1, 0.15) is 0 Å². The summed E-state index contributed by atoms with van der Waals surface area (Å²) >= 11 is 2.87. The number of thioether (sulfide) groups is 1. The highest BCUT2D eigenvalue weighted by Crippen LogP contribution is 2.28. The second-order valence-corrected chi connectivity index (χ2v) is 8.02. The van der Waals surface area contributed by atoms with Gasteiger partial charge in [0.05, 0.1) is 4.92 Å². The number of nitro groups is 1. The summed E-state index contributed by atoms with van der Waals surface area (Å²) in [6.45, 7) is 2.05. The summed E-state index contributed by atoms with van der Waals surface area (Å²) in [4.78, 5) is 22.2. The summed E-state index contributed by atoms with van der Waals surface area (Å²) in [5.74, 6) is 0.438. The molecular formula is C19H16N4O3S2. The highest BCUT2D eigenvalue weighted by molar-refractivity contribution is 8.00. The van der Waals surface area contributed by atoms with E-state index in [1.165, 1.54) is 40.7 Å². The van der Waals surface area contributed by atoms with Gasteiger partial charge in [-0.25, -0.2) is 0 Å². The predicted molar refractivity (Wildman–Crippen MR) is 111 cm³/mol. The van der Waals surface area contributed by atoms with E-state index in [0.29, 0.717) is 10.7 Å². The van der Waals surface area contributed by atoms with Crippen LogP contribution in [0.5, 0.6) is 0 Å². The predicted octanol–water partition coefficient (Wildman–Crippen LogP) is 4.70. The van der Waals surface area contributed by atoms with Gasteiger partial charge in [-0.3, -0.25) is 20.2 Å². The Bertz CT molecular complexity index is 999. The molecule has 0 aliphatic heterocycles. The van der Waals surface area contributed by atoms with Gasteiger partial charge in [0.25, 0.3) is 5.69 Å². The lowest BCUT2D eigenvalue weighted by atomic mass is 10.2. The van der Waals surface area contributed by atoms with E-state index in [1.807, 2.05) is 6.92 Å². The van der Waals surface area contributed by atoms with Gasteiger partial charge in [-0.1, -0.05) is 52.9 Å². The first-order chi connectivity index (χ1) is 13.5. The molecular weight excluding hydrogens is 396 g/mol. The van der Waals surface area contributed by atoms with Crippen LogP contribution in [0.25, 0.3) is 6.08 Å². The minimum absolute atomic E-state index is 0.00567. The molecule has 9 heteroatoms. The molecule has 1 aromatic heterocycles. The molecule has 0 saturated heterocycles. The van der Waals surface area contributed by atoms with Crippen LogP contribution in [0.4, 0.5) is 10.8 Å². The quantitative estimate of drug-likeness (QED) is 0.199. The van der Waals surface area contributed by atoms with Crippen molar-refractivity contribution < 1.29 is 9.72 Å². The first-order valence-electron chi connectivity index (χ1n) is 8.25. The largest absolute Gasteiger partial charge is 0.297 e. The maximum Gasteiger partial charge on any atom is 0.269 e. The second-order valence-electron chi connectivity index (χ2n) is 5.82. The maximum absolute atomic E-state index is 12.0. The van der Waals surface area contributed by atoms with Gasteiger partial charge in [-0.05, 0) is 36.3 Å². The van der Waals surface area contributed by atoms with Gasteiger partial charge in [0.2, 0.25) is 11.0 Å². The van der Waals surface area contributed by atoms with Crippen LogP contribution in [0.2, 0.25) is 0 Å². The van der Waals surface area contributed by atoms with Gasteiger partial charge >= 0.3 is 0 Å². The van der Waals surface area contributed by atoms with E-state index in [0.717, 1.165) is 10.1 Å². The lowest BCUT2D eigenvalue weighted by molar-refractivity contribution is -0.384. The number of hydrogen-bond donors (Lipinski definition) is 1. The molecule has 0 unspecified atom stereocenters. The summed E-state index contributed by atoms with van der Waals surface area (Å²) in [6.07, 6.45) is 2.93. The Morgan fingerprint density at radius 3 is 2.57 bits per heavy atom. The van der Waals surface area contributed by atoms with Crippen LogP contribution in [0.1, 0.15) is 16.7 Å². The number of carbonyl (C=O) groups excluding carboxylic acids is 1. The molecule has 3 aromatic rings. The average molecular weight is 412 g/mol. The first kappa shape index (κ1) is 19.7. The molecule has 0 fully saturated rings. The molecule has 3 rings (SSSR count). The highest BCUT2D eigenvalue weighted by Gasteiger charge is 2.08. The van der Waals surface area contributed by atoms with Crippen molar-refractivity contribution in [1.82, 2.24) is 10.2 Å². The minimum Gasteiger partial charge on any atom is -0.297 e. The SMILES string of the molecule is Cc1ccc(CSc2nnc(NC(=O)/C=C/c3ccc([N+](=O)[O-])cc3)s2)cc1. The molecule has 7 nitrogen and oxygen atoms in total. The molecule has 1 heterocycles. The molecule has 0 aliphatic carbocycles. The minimum atomic E-state index is -0.468. The summed E-state index contributed by atoms with van der Waals surface area (Å²) in [6, 6.07) is 14.2. The van der Waals surface area contributed by atoms with E-state index in [4.69, 9.17) is 0 Å². The van der Waals surface area contributed by atoms with Crippen molar-refractivity contribution in [3.05, 3.63) is 81.4 Å². The van der Waals surface area contributed by atoms with Crippen LogP contribution in [-0.2, 0) is 10.5 Å². The molecule has 1 amide bonds. The summed E-state index contributed by atoms with van der Waals surface area (Å²) in [5, 5.41) is 21.8. The van der Waals surface area contributed by atoms with Crippen LogP contribution in [0, 0.1) is 17.0 Å². The number of nitrogens with one attached hydrogen (secondary N) is 1. The molecule has 1 N–H and O–H groups in total. The number of hydrogen-bond acceptors (Lipinski definition) is 7. The van der Waals surface area contributed by atoms with Crippen molar-refractivity contribution in [2.24, 2.45) is 0 Å². The fourth-order valence-corrected chi connectivity index (χ4v) is 3.88. The van der Waals surface area contributed by atoms with E-state index >= 15 is 0 Å². The fraction of sp³-hybridized carbons (Fsp3) is 0.105. The number of non-ortho nitro benzene ring substituents is 1. The molecule has 0 aliphatic rings. The smallest absolute Gasteiger partial charge is 0.269 e. The van der Waals surface area contributed by atoms with Crippen LogP contribution < -0.4 is 5.32 Å². The molecule has 0 radical (unpaired) electrons. The second kappa shape index (κ2) is 9.25. The number of nitro benzene ring substituents is 1. The fourth-order valence-electron chi connectivity index (χ4n) is 2.17. The molecule has 0 bridgehead atoms. The summed E-state index contributed by atoms with van der Waals surface area (Å²) in [5.41, 5.74) is 3.11. The van der Waals surface area contributed by atoms with Gasteiger partial charge in [0.15, 0.2) is 4.34 Å². The van der Waals surface area contributed by atoms with Gasteiger partial charge in [0, 0.05) is 24.0 Å². The number of benzene rings is 2. The van der Waals surface area contributed by atoms with E-state index in [1.54, 1.807) is 30.0 Å². The van der Waals surface area contributed by atoms with Crippen LogP contribution in [-0.4, -0.2) is 21.0 Å². The third kappa shape index (κ3) is 5.73. The highest BCUT2D eigenvalue weighted by atomic mass is 32.2. The first-order valence-corrected chi connectivity index (χ1v) is 10.1. The Morgan fingerprint density at radius 1 is 1.18 bits per heavy atom. The third-order valence-corrected chi connectivity index (χ3v) is 5.69. The number of amides is 1. The van der Waals surface area contributed by atoms with Crippen LogP contribution in [0.3, 0.4) is 0 Å². The maximum atomic E-state index is 12.0. The zero-order chi connectivity index (χ0) is 19.9. The number of anilines is 1. The zero-order valence-electron chi connectivity index (χ0n) is 14.9. The standard InChI is InChI=1S/C19H16N4O3S2/c1-13-2-4-15(5-3-13)12-27-19-22-21-18(28-19)20-17(24)11-8-14-6-9-16(10-7-14)23(25)26/h2-11H,12H2,1H3,(H,20,21,24)/b11-8+.